The third-order valence-electron chi connectivity index (χ3n) is 3.08. The highest BCUT2D eigenvalue weighted by Crippen LogP contribution is 2.19. The first-order valence-corrected chi connectivity index (χ1v) is 8.72. The van der Waals surface area contributed by atoms with Crippen molar-refractivity contribution in [1.29, 1.82) is 0 Å². The summed E-state index contributed by atoms with van der Waals surface area (Å²) in [6.07, 6.45) is 0.927. The lowest BCUT2D eigenvalue weighted by atomic mass is 10.1. The Kier molecular flexibility index (Phi) is 5.13. The topological polar surface area (TPSA) is 46.2 Å². The number of hydrogen-bond acceptors (Lipinski definition) is 2. The molecule has 2 rings (SSSR count). The van der Waals surface area contributed by atoms with Gasteiger partial charge in [-0.05, 0) is 35.7 Å². The third kappa shape index (κ3) is 4.12. The predicted molar refractivity (Wildman–Crippen MR) is 83.9 cm³/mol. The van der Waals surface area contributed by atoms with E-state index >= 15 is 0 Å². The minimum absolute atomic E-state index is 0.127. The molecule has 0 amide bonds. The molecule has 0 heterocycles. The largest absolute Gasteiger partial charge is 0.243 e. The van der Waals surface area contributed by atoms with E-state index in [-0.39, 0.29) is 11.4 Å². The molecule has 0 fully saturated rings. The first-order chi connectivity index (χ1) is 9.92. The van der Waals surface area contributed by atoms with Crippen molar-refractivity contribution in [3.8, 4) is 0 Å². The number of benzene rings is 2. The molecule has 0 spiro atoms. The van der Waals surface area contributed by atoms with Crippen LogP contribution in [0.1, 0.15) is 18.1 Å². The summed E-state index contributed by atoms with van der Waals surface area (Å²) in [4.78, 5) is -0.351. The third-order valence-corrected chi connectivity index (χ3v) is 5.01. The average molecular weight is 372 g/mol. The normalized spacial score (nSPS) is 11.6. The van der Waals surface area contributed by atoms with Gasteiger partial charge in [-0.15, -0.1) is 0 Å². The molecule has 0 aromatic heterocycles. The van der Waals surface area contributed by atoms with Gasteiger partial charge >= 0.3 is 0 Å². The molecule has 0 bridgehead atoms. The molecular formula is C15H15BrFNO2S. The summed E-state index contributed by atoms with van der Waals surface area (Å²) >= 11 is 3.10. The highest BCUT2D eigenvalue weighted by atomic mass is 79.9. The summed E-state index contributed by atoms with van der Waals surface area (Å²) in [6.45, 7) is 2.18. The number of hydrogen-bond donors (Lipinski definition) is 1. The van der Waals surface area contributed by atoms with Gasteiger partial charge in [-0.3, -0.25) is 0 Å². The van der Waals surface area contributed by atoms with Crippen LogP contribution in [0, 0.1) is 5.82 Å². The fourth-order valence-electron chi connectivity index (χ4n) is 1.84. The molecule has 21 heavy (non-hydrogen) atoms. The maximum atomic E-state index is 13.7. The van der Waals surface area contributed by atoms with E-state index < -0.39 is 15.8 Å². The first kappa shape index (κ1) is 16.1. The van der Waals surface area contributed by atoms with Gasteiger partial charge in [-0.25, -0.2) is 17.5 Å². The molecule has 0 aliphatic rings. The van der Waals surface area contributed by atoms with Gasteiger partial charge in [0.1, 0.15) is 10.7 Å². The summed E-state index contributed by atoms with van der Waals surface area (Å²) in [6, 6.07) is 11.5. The van der Waals surface area contributed by atoms with E-state index in [0.29, 0.717) is 4.47 Å². The second kappa shape index (κ2) is 6.68. The van der Waals surface area contributed by atoms with Crippen molar-refractivity contribution < 1.29 is 12.8 Å². The van der Waals surface area contributed by atoms with Gasteiger partial charge in [0.05, 0.1) is 0 Å². The summed E-state index contributed by atoms with van der Waals surface area (Å²) in [5.74, 6) is -0.779. The van der Waals surface area contributed by atoms with Gasteiger partial charge in [0, 0.05) is 11.0 Å². The second-order valence-electron chi connectivity index (χ2n) is 4.57. The number of rotatable bonds is 5. The van der Waals surface area contributed by atoms with Crippen LogP contribution in [0.4, 0.5) is 4.39 Å². The Morgan fingerprint density at radius 1 is 1.10 bits per heavy atom. The molecule has 0 atom stereocenters. The predicted octanol–water partition coefficient (Wildman–Crippen LogP) is 3.63. The molecule has 6 heteroatoms. The standard InChI is InChI=1S/C15H15BrFNO2S/c1-2-11-3-5-12(6-4-11)10-18-21(19,20)15-8-7-13(16)9-14(15)17/h3-9,18H,2,10H2,1H3. The first-order valence-electron chi connectivity index (χ1n) is 6.45. The monoisotopic (exact) mass is 371 g/mol. The summed E-state index contributed by atoms with van der Waals surface area (Å²) in [7, 11) is -3.87. The molecule has 2 aromatic rings. The van der Waals surface area contributed by atoms with Gasteiger partial charge < -0.3 is 0 Å². The van der Waals surface area contributed by atoms with Crippen LogP contribution in [0.3, 0.4) is 0 Å². The molecule has 0 radical (unpaired) electrons. The van der Waals surface area contributed by atoms with Crippen molar-refractivity contribution in [3.63, 3.8) is 0 Å². The maximum Gasteiger partial charge on any atom is 0.243 e. The van der Waals surface area contributed by atoms with E-state index in [1.54, 1.807) is 0 Å². The van der Waals surface area contributed by atoms with E-state index in [9.17, 15) is 12.8 Å². The molecular weight excluding hydrogens is 357 g/mol. The van der Waals surface area contributed by atoms with Gasteiger partial charge in [0.15, 0.2) is 0 Å². The number of aryl methyl sites for hydroxylation is 1. The van der Waals surface area contributed by atoms with Gasteiger partial charge in [-0.1, -0.05) is 47.1 Å². The molecule has 0 aliphatic carbocycles. The van der Waals surface area contributed by atoms with Crippen LogP contribution in [0.5, 0.6) is 0 Å². The molecule has 2 aromatic carbocycles. The lowest BCUT2D eigenvalue weighted by molar-refractivity contribution is 0.556. The number of halogens is 2. The van der Waals surface area contributed by atoms with E-state index in [2.05, 4.69) is 20.7 Å². The van der Waals surface area contributed by atoms with E-state index in [1.807, 2.05) is 31.2 Å². The summed E-state index contributed by atoms with van der Waals surface area (Å²) < 4.78 is 40.8. The van der Waals surface area contributed by atoms with E-state index in [4.69, 9.17) is 0 Å². The average Bonchev–Trinajstić information content (AvgIpc) is 2.45. The highest BCUT2D eigenvalue weighted by molar-refractivity contribution is 9.10. The fraction of sp³-hybridized carbons (Fsp3) is 0.200. The van der Waals surface area contributed by atoms with Crippen LogP contribution in [-0.2, 0) is 23.0 Å². The number of nitrogens with one attached hydrogen (secondary N) is 1. The minimum atomic E-state index is -3.87. The maximum absolute atomic E-state index is 13.7. The van der Waals surface area contributed by atoms with Crippen LogP contribution in [0.2, 0.25) is 0 Å². The molecule has 112 valence electrons. The Morgan fingerprint density at radius 2 is 1.71 bits per heavy atom. The lowest BCUT2D eigenvalue weighted by Gasteiger charge is -2.08. The summed E-state index contributed by atoms with van der Waals surface area (Å²) in [5.41, 5.74) is 2.01. The Labute approximate surface area is 132 Å². The number of sulfonamides is 1. The van der Waals surface area contributed by atoms with Crippen molar-refractivity contribution in [2.45, 2.75) is 24.8 Å². The Hall–Kier alpha value is -1.24. The van der Waals surface area contributed by atoms with Crippen molar-refractivity contribution in [2.75, 3.05) is 0 Å². The van der Waals surface area contributed by atoms with E-state index in [1.165, 1.54) is 17.7 Å². The SMILES string of the molecule is CCc1ccc(CNS(=O)(=O)c2ccc(Br)cc2F)cc1. The Morgan fingerprint density at radius 3 is 2.29 bits per heavy atom. The van der Waals surface area contributed by atoms with Gasteiger partial charge in [-0.2, -0.15) is 0 Å². The van der Waals surface area contributed by atoms with Crippen molar-refractivity contribution in [1.82, 2.24) is 4.72 Å². The van der Waals surface area contributed by atoms with Crippen molar-refractivity contribution in [2.24, 2.45) is 0 Å². The zero-order valence-corrected chi connectivity index (χ0v) is 13.8. The zero-order valence-electron chi connectivity index (χ0n) is 11.4. The quantitative estimate of drug-likeness (QED) is 0.871. The van der Waals surface area contributed by atoms with Crippen LogP contribution < -0.4 is 4.72 Å². The summed E-state index contributed by atoms with van der Waals surface area (Å²) in [5, 5.41) is 0. The molecule has 0 saturated heterocycles. The molecule has 0 unspecified atom stereocenters. The van der Waals surface area contributed by atoms with Crippen LogP contribution in [0.25, 0.3) is 0 Å². The second-order valence-corrected chi connectivity index (χ2v) is 7.22. The molecule has 1 N–H and O–H groups in total. The highest BCUT2D eigenvalue weighted by Gasteiger charge is 2.18. The molecule has 3 nitrogen and oxygen atoms in total. The van der Waals surface area contributed by atoms with Gasteiger partial charge in [0.25, 0.3) is 0 Å². The fourth-order valence-corrected chi connectivity index (χ4v) is 3.25. The smallest absolute Gasteiger partial charge is 0.207 e. The van der Waals surface area contributed by atoms with Gasteiger partial charge in [0.2, 0.25) is 10.0 Å². The van der Waals surface area contributed by atoms with Crippen LogP contribution >= 0.6 is 15.9 Å². The van der Waals surface area contributed by atoms with Crippen molar-refractivity contribution in [3.05, 3.63) is 63.9 Å². The Balaban J connectivity index is 2.13. The minimum Gasteiger partial charge on any atom is -0.207 e. The van der Waals surface area contributed by atoms with Crippen LogP contribution in [0.15, 0.2) is 51.8 Å². The van der Waals surface area contributed by atoms with Crippen LogP contribution in [-0.4, -0.2) is 8.42 Å². The zero-order chi connectivity index (χ0) is 15.5. The van der Waals surface area contributed by atoms with Crippen molar-refractivity contribution >= 4 is 26.0 Å². The molecule has 0 aliphatic heterocycles. The lowest BCUT2D eigenvalue weighted by Crippen LogP contribution is -2.24. The Bertz CT molecular complexity index is 730. The molecule has 0 saturated carbocycles. The van der Waals surface area contributed by atoms with E-state index in [0.717, 1.165) is 18.1 Å².